The third kappa shape index (κ3) is 2.83. The molecule has 0 radical (unpaired) electrons. The summed E-state index contributed by atoms with van der Waals surface area (Å²) in [6.45, 7) is 8.70. The predicted octanol–water partition coefficient (Wildman–Crippen LogP) is 2.57. The van der Waals surface area contributed by atoms with Gasteiger partial charge in [-0.25, -0.2) is 9.67 Å². The third-order valence-electron chi connectivity index (χ3n) is 2.65. The minimum atomic E-state index is 0.361. The summed E-state index contributed by atoms with van der Waals surface area (Å²) in [4.78, 5) is 8.70. The molecule has 4 nitrogen and oxygen atoms in total. The number of hydrogen-bond donors (Lipinski definition) is 0. The molecule has 0 saturated carbocycles. The summed E-state index contributed by atoms with van der Waals surface area (Å²) in [5, 5.41) is 4.52. The smallest absolute Gasteiger partial charge is 0.155 e. The van der Waals surface area contributed by atoms with Crippen molar-refractivity contribution in [2.75, 3.05) is 0 Å². The van der Waals surface area contributed by atoms with Gasteiger partial charge < -0.3 is 0 Å². The maximum atomic E-state index is 4.60. The lowest BCUT2D eigenvalue weighted by atomic mass is 10.2. The van der Waals surface area contributed by atoms with Crippen LogP contribution in [0.25, 0.3) is 0 Å². The van der Waals surface area contributed by atoms with E-state index in [-0.39, 0.29) is 0 Å². The van der Waals surface area contributed by atoms with Gasteiger partial charge in [0.05, 0.1) is 6.54 Å². The highest BCUT2D eigenvalue weighted by Crippen LogP contribution is 2.13. The van der Waals surface area contributed by atoms with E-state index in [0.717, 1.165) is 23.6 Å². The zero-order chi connectivity index (χ0) is 13.0. The average molecular weight is 242 g/mol. The summed E-state index contributed by atoms with van der Waals surface area (Å²) in [7, 11) is 0. The maximum absolute atomic E-state index is 4.60. The fraction of sp³-hybridized carbons (Fsp3) is 0.357. The topological polar surface area (TPSA) is 43.6 Å². The molecule has 2 aromatic rings. The van der Waals surface area contributed by atoms with Gasteiger partial charge in [-0.05, 0) is 11.6 Å². The van der Waals surface area contributed by atoms with Crippen LogP contribution < -0.4 is 0 Å². The molecule has 2 rings (SSSR count). The first-order valence-electron chi connectivity index (χ1n) is 6.14. The minimum Gasteiger partial charge on any atom is -0.264 e. The van der Waals surface area contributed by atoms with Crippen LogP contribution in [0.3, 0.4) is 0 Å². The molecule has 94 valence electrons. The van der Waals surface area contributed by atoms with Crippen molar-refractivity contribution < 1.29 is 0 Å². The van der Waals surface area contributed by atoms with Crippen LogP contribution in [0.1, 0.15) is 37.0 Å². The van der Waals surface area contributed by atoms with Gasteiger partial charge >= 0.3 is 0 Å². The van der Waals surface area contributed by atoms with E-state index in [9.17, 15) is 0 Å². The van der Waals surface area contributed by atoms with Gasteiger partial charge in [0.15, 0.2) is 5.82 Å². The van der Waals surface area contributed by atoms with E-state index < -0.39 is 0 Å². The summed E-state index contributed by atoms with van der Waals surface area (Å²) in [6.07, 6.45) is 6.18. The maximum Gasteiger partial charge on any atom is 0.155 e. The molecule has 0 aliphatic heterocycles. The third-order valence-corrected chi connectivity index (χ3v) is 2.65. The molecule has 2 aromatic heterocycles. The van der Waals surface area contributed by atoms with Gasteiger partial charge in [-0.15, -0.1) is 6.58 Å². The van der Waals surface area contributed by atoms with Crippen molar-refractivity contribution >= 4 is 0 Å². The fourth-order valence-corrected chi connectivity index (χ4v) is 1.85. The first-order valence-corrected chi connectivity index (χ1v) is 6.14. The first-order chi connectivity index (χ1) is 8.70. The van der Waals surface area contributed by atoms with Crippen molar-refractivity contribution in [2.45, 2.75) is 32.7 Å². The Hall–Kier alpha value is -1.97. The molecule has 0 spiro atoms. The van der Waals surface area contributed by atoms with Crippen molar-refractivity contribution in [1.29, 1.82) is 0 Å². The zero-order valence-corrected chi connectivity index (χ0v) is 10.9. The summed E-state index contributed by atoms with van der Waals surface area (Å²) in [5.74, 6) is 2.21. The van der Waals surface area contributed by atoms with Crippen LogP contribution in [0.4, 0.5) is 0 Å². The molecular formula is C14H18N4. The van der Waals surface area contributed by atoms with E-state index in [4.69, 9.17) is 0 Å². The van der Waals surface area contributed by atoms with Gasteiger partial charge in [0.25, 0.3) is 0 Å². The quantitative estimate of drug-likeness (QED) is 0.757. The molecule has 0 fully saturated rings. The molecule has 2 heterocycles. The summed E-state index contributed by atoms with van der Waals surface area (Å²) in [5.41, 5.74) is 1.13. The molecule has 0 bridgehead atoms. The molecule has 0 aromatic carbocycles. The van der Waals surface area contributed by atoms with E-state index in [0.29, 0.717) is 12.5 Å². The Labute approximate surface area is 107 Å². The molecule has 0 aliphatic carbocycles. The Kier molecular flexibility index (Phi) is 3.87. The Morgan fingerprint density at radius 2 is 2.28 bits per heavy atom. The van der Waals surface area contributed by atoms with Crippen LogP contribution in [0.15, 0.2) is 37.2 Å². The largest absolute Gasteiger partial charge is 0.264 e. The van der Waals surface area contributed by atoms with Gasteiger partial charge in [0, 0.05) is 24.7 Å². The molecule has 18 heavy (non-hydrogen) atoms. The van der Waals surface area contributed by atoms with E-state index in [1.54, 1.807) is 6.20 Å². The predicted molar refractivity (Wildman–Crippen MR) is 71.4 cm³/mol. The summed E-state index contributed by atoms with van der Waals surface area (Å²) >= 11 is 0. The van der Waals surface area contributed by atoms with E-state index in [1.807, 2.05) is 29.1 Å². The van der Waals surface area contributed by atoms with Crippen LogP contribution in [0.5, 0.6) is 0 Å². The normalized spacial score (nSPS) is 10.8. The van der Waals surface area contributed by atoms with Crippen LogP contribution in [0.2, 0.25) is 0 Å². The highest BCUT2D eigenvalue weighted by atomic mass is 15.3. The lowest BCUT2D eigenvalue weighted by Crippen LogP contribution is -2.05. The number of rotatable bonds is 5. The fourth-order valence-electron chi connectivity index (χ4n) is 1.85. The van der Waals surface area contributed by atoms with Crippen LogP contribution in [-0.2, 0) is 13.0 Å². The molecule has 0 N–H and O–H groups in total. The molecule has 0 unspecified atom stereocenters. The number of nitrogens with zero attached hydrogens (tertiary/aromatic N) is 4. The van der Waals surface area contributed by atoms with Crippen molar-refractivity contribution in [3.63, 3.8) is 0 Å². The lowest BCUT2D eigenvalue weighted by Gasteiger charge is -2.04. The number of allylic oxidation sites excluding steroid dienone is 1. The van der Waals surface area contributed by atoms with Crippen molar-refractivity contribution in [1.82, 2.24) is 19.7 Å². The van der Waals surface area contributed by atoms with Crippen LogP contribution in [0, 0.1) is 0 Å². The highest BCUT2D eigenvalue weighted by molar-refractivity contribution is 5.14. The first kappa shape index (κ1) is 12.5. The van der Waals surface area contributed by atoms with Gasteiger partial charge in [0.2, 0.25) is 0 Å². The SMILES string of the molecule is C=CCn1nc(Cc2cccnc2)nc1C(C)C. The number of aromatic nitrogens is 4. The molecular weight excluding hydrogens is 224 g/mol. The second-order valence-corrected chi connectivity index (χ2v) is 4.55. The highest BCUT2D eigenvalue weighted by Gasteiger charge is 2.12. The van der Waals surface area contributed by atoms with Crippen molar-refractivity contribution in [2.24, 2.45) is 0 Å². The van der Waals surface area contributed by atoms with Gasteiger partial charge in [-0.3, -0.25) is 4.98 Å². The minimum absolute atomic E-state index is 0.361. The molecule has 0 amide bonds. The lowest BCUT2D eigenvalue weighted by molar-refractivity contribution is 0.614. The van der Waals surface area contributed by atoms with Gasteiger partial charge in [-0.1, -0.05) is 26.0 Å². The second-order valence-electron chi connectivity index (χ2n) is 4.55. The van der Waals surface area contributed by atoms with Gasteiger partial charge in [0.1, 0.15) is 5.82 Å². The van der Waals surface area contributed by atoms with E-state index in [1.165, 1.54) is 0 Å². The monoisotopic (exact) mass is 242 g/mol. The van der Waals surface area contributed by atoms with Crippen molar-refractivity contribution in [3.05, 3.63) is 54.4 Å². The van der Waals surface area contributed by atoms with Gasteiger partial charge in [-0.2, -0.15) is 5.10 Å². The Balaban J connectivity index is 2.24. The van der Waals surface area contributed by atoms with E-state index >= 15 is 0 Å². The number of pyridine rings is 1. The Morgan fingerprint density at radius 3 is 2.89 bits per heavy atom. The van der Waals surface area contributed by atoms with E-state index in [2.05, 4.69) is 35.5 Å². The van der Waals surface area contributed by atoms with Crippen LogP contribution in [-0.4, -0.2) is 19.7 Å². The second kappa shape index (κ2) is 5.58. The number of hydrogen-bond acceptors (Lipinski definition) is 3. The van der Waals surface area contributed by atoms with Crippen molar-refractivity contribution in [3.8, 4) is 0 Å². The summed E-state index contributed by atoms with van der Waals surface area (Å²) < 4.78 is 1.92. The molecule has 0 atom stereocenters. The Bertz CT molecular complexity index is 514. The summed E-state index contributed by atoms with van der Waals surface area (Å²) in [6, 6.07) is 3.97. The molecule has 4 heteroatoms. The van der Waals surface area contributed by atoms with Crippen LogP contribution >= 0.6 is 0 Å². The Morgan fingerprint density at radius 1 is 1.44 bits per heavy atom. The average Bonchev–Trinajstić information content (AvgIpc) is 2.74. The zero-order valence-electron chi connectivity index (χ0n) is 10.9. The molecule has 0 aliphatic rings. The standard InChI is InChI=1S/C14H18N4/c1-4-8-18-14(11(2)3)16-13(17-18)9-12-6-5-7-15-10-12/h4-7,10-11H,1,8-9H2,2-3H3. The molecule has 0 saturated heterocycles.